The van der Waals surface area contributed by atoms with Crippen LogP contribution in [-0.2, 0) is 0 Å². The quantitative estimate of drug-likeness (QED) is 0.919. The van der Waals surface area contributed by atoms with Gasteiger partial charge in [0.05, 0.1) is 24.9 Å². The number of urea groups is 1. The minimum absolute atomic E-state index is 0.118. The number of carbonyl (C=O) groups excluding carboxylic acids is 1. The zero-order valence-corrected chi connectivity index (χ0v) is 14.4. The molecule has 0 unspecified atom stereocenters. The highest BCUT2D eigenvalue weighted by Crippen LogP contribution is 2.36. The van der Waals surface area contributed by atoms with Crippen molar-refractivity contribution in [3.05, 3.63) is 17.2 Å². The predicted octanol–water partition coefficient (Wildman–Crippen LogP) is 2.53. The molecule has 3 rings (SSSR count). The summed E-state index contributed by atoms with van der Waals surface area (Å²) in [6, 6.07) is 3.68. The molecule has 0 radical (unpaired) electrons. The number of rotatable bonds is 3. The van der Waals surface area contributed by atoms with Crippen LogP contribution in [0.15, 0.2) is 12.1 Å². The first-order valence-electron chi connectivity index (χ1n) is 7.71. The number of carbonyl (C=O) groups is 1. The molecule has 0 aromatic heterocycles. The van der Waals surface area contributed by atoms with Crippen LogP contribution in [0.4, 0.5) is 10.5 Å². The number of nitrogens with zero attached hydrogens (tertiary/aromatic N) is 2. The maximum absolute atomic E-state index is 12.6. The summed E-state index contributed by atoms with van der Waals surface area (Å²) in [5.74, 6) is 1.61. The van der Waals surface area contributed by atoms with Crippen LogP contribution in [-0.4, -0.2) is 62.8 Å². The Kier molecular flexibility index (Phi) is 4.55. The Balaban J connectivity index is 1.72. The molecule has 0 aliphatic carbocycles. The van der Waals surface area contributed by atoms with Crippen LogP contribution < -0.4 is 14.8 Å². The van der Waals surface area contributed by atoms with Crippen LogP contribution >= 0.6 is 11.6 Å². The number of halogens is 1. The lowest BCUT2D eigenvalue weighted by Gasteiger charge is -2.22. The van der Waals surface area contributed by atoms with Gasteiger partial charge < -0.3 is 24.6 Å². The number of ether oxygens (including phenoxy) is 2. The Bertz CT molecular complexity index is 610. The van der Waals surface area contributed by atoms with Crippen molar-refractivity contribution in [3.63, 3.8) is 0 Å². The monoisotopic (exact) mass is 339 g/mol. The molecule has 2 aliphatic heterocycles. The SMILES string of the molecule is COc1cc(OC)c(NC(=O)N2C[C@@H]3CCN(C)[C@@H]3C2)cc1Cl. The normalized spacial score (nSPS) is 23.7. The van der Waals surface area contributed by atoms with Gasteiger partial charge in [-0.1, -0.05) is 11.6 Å². The third kappa shape index (κ3) is 3.05. The van der Waals surface area contributed by atoms with Crippen molar-refractivity contribution in [2.45, 2.75) is 12.5 Å². The van der Waals surface area contributed by atoms with Crippen LogP contribution in [0.3, 0.4) is 0 Å². The molecule has 2 heterocycles. The molecule has 23 heavy (non-hydrogen) atoms. The first kappa shape index (κ1) is 16.2. The van der Waals surface area contributed by atoms with Gasteiger partial charge in [0, 0.05) is 25.2 Å². The number of fused-ring (bicyclic) bond motifs is 1. The van der Waals surface area contributed by atoms with Crippen LogP contribution in [0.25, 0.3) is 0 Å². The molecule has 0 spiro atoms. The summed E-state index contributed by atoms with van der Waals surface area (Å²) in [5, 5.41) is 3.34. The third-order valence-corrected chi connectivity index (χ3v) is 5.12. The molecule has 1 aromatic carbocycles. The number of methoxy groups -OCH3 is 2. The number of nitrogens with one attached hydrogen (secondary N) is 1. The molecule has 6 nitrogen and oxygen atoms in total. The molecular weight excluding hydrogens is 318 g/mol. The second-order valence-electron chi connectivity index (χ2n) is 6.12. The first-order valence-corrected chi connectivity index (χ1v) is 8.09. The van der Waals surface area contributed by atoms with E-state index in [2.05, 4.69) is 17.3 Å². The van der Waals surface area contributed by atoms with Gasteiger partial charge in [0.25, 0.3) is 0 Å². The van der Waals surface area contributed by atoms with Gasteiger partial charge in [-0.2, -0.15) is 0 Å². The Morgan fingerprint density at radius 2 is 2.00 bits per heavy atom. The molecule has 7 heteroatoms. The number of amides is 2. The maximum atomic E-state index is 12.6. The van der Waals surface area contributed by atoms with Gasteiger partial charge in [-0.3, -0.25) is 0 Å². The molecule has 2 aliphatic rings. The van der Waals surface area contributed by atoms with E-state index in [1.54, 1.807) is 26.4 Å². The molecule has 0 bridgehead atoms. The second-order valence-corrected chi connectivity index (χ2v) is 6.53. The topological polar surface area (TPSA) is 54.0 Å². The van der Waals surface area contributed by atoms with Crippen molar-refractivity contribution in [1.29, 1.82) is 0 Å². The molecule has 0 saturated carbocycles. The van der Waals surface area contributed by atoms with Gasteiger partial charge in [-0.05, 0) is 32.0 Å². The van der Waals surface area contributed by atoms with Gasteiger partial charge in [0.1, 0.15) is 11.5 Å². The van der Waals surface area contributed by atoms with E-state index in [4.69, 9.17) is 21.1 Å². The molecule has 126 valence electrons. The van der Waals surface area contributed by atoms with E-state index < -0.39 is 0 Å². The zero-order valence-electron chi connectivity index (χ0n) is 13.6. The lowest BCUT2D eigenvalue weighted by atomic mass is 10.1. The Labute approximate surface area is 141 Å². The largest absolute Gasteiger partial charge is 0.495 e. The van der Waals surface area contributed by atoms with Crippen molar-refractivity contribution in [2.24, 2.45) is 5.92 Å². The molecule has 2 amide bonds. The standard InChI is InChI=1S/C16H22ClN3O3/c1-19-5-4-10-8-20(9-13(10)19)16(21)18-12-6-11(17)14(22-2)7-15(12)23-3/h6-7,10,13H,4-5,8-9H2,1-3H3,(H,18,21)/t10-,13+/m0/s1. The maximum Gasteiger partial charge on any atom is 0.322 e. The Morgan fingerprint density at radius 3 is 2.65 bits per heavy atom. The lowest BCUT2D eigenvalue weighted by molar-refractivity contribution is 0.213. The van der Waals surface area contributed by atoms with E-state index >= 15 is 0 Å². The fourth-order valence-corrected chi connectivity index (χ4v) is 3.73. The number of hydrogen-bond acceptors (Lipinski definition) is 4. The predicted molar refractivity (Wildman–Crippen MR) is 89.7 cm³/mol. The average molecular weight is 340 g/mol. The van der Waals surface area contributed by atoms with Crippen molar-refractivity contribution in [2.75, 3.05) is 46.2 Å². The van der Waals surface area contributed by atoms with Crippen molar-refractivity contribution < 1.29 is 14.3 Å². The fourth-order valence-electron chi connectivity index (χ4n) is 3.49. The lowest BCUT2D eigenvalue weighted by Crippen LogP contribution is -2.37. The van der Waals surface area contributed by atoms with Crippen LogP contribution in [0.1, 0.15) is 6.42 Å². The number of anilines is 1. The van der Waals surface area contributed by atoms with E-state index in [0.717, 1.165) is 26.1 Å². The summed E-state index contributed by atoms with van der Waals surface area (Å²) >= 11 is 6.15. The summed E-state index contributed by atoms with van der Waals surface area (Å²) in [6.07, 6.45) is 1.16. The summed E-state index contributed by atoms with van der Waals surface area (Å²) in [4.78, 5) is 16.8. The summed E-state index contributed by atoms with van der Waals surface area (Å²) in [5.41, 5.74) is 0.550. The number of likely N-dealkylation sites (N-methyl/N-ethyl adjacent to an activating group) is 1. The third-order valence-electron chi connectivity index (χ3n) is 4.83. The highest BCUT2D eigenvalue weighted by atomic mass is 35.5. The minimum Gasteiger partial charge on any atom is -0.495 e. The van der Waals surface area contributed by atoms with E-state index in [9.17, 15) is 4.79 Å². The minimum atomic E-state index is -0.118. The molecule has 2 atom stereocenters. The van der Waals surface area contributed by atoms with Gasteiger partial charge in [0.2, 0.25) is 0 Å². The van der Waals surface area contributed by atoms with E-state index in [0.29, 0.717) is 34.2 Å². The molecule has 2 fully saturated rings. The summed E-state index contributed by atoms with van der Waals surface area (Å²) < 4.78 is 10.5. The molecule has 2 saturated heterocycles. The van der Waals surface area contributed by atoms with Crippen molar-refractivity contribution >= 4 is 23.3 Å². The van der Waals surface area contributed by atoms with Crippen LogP contribution in [0.2, 0.25) is 5.02 Å². The van der Waals surface area contributed by atoms with Gasteiger partial charge >= 0.3 is 6.03 Å². The van der Waals surface area contributed by atoms with Crippen LogP contribution in [0, 0.1) is 5.92 Å². The van der Waals surface area contributed by atoms with Crippen molar-refractivity contribution in [1.82, 2.24) is 9.80 Å². The first-order chi connectivity index (χ1) is 11.0. The summed E-state index contributed by atoms with van der Waals surface area (Å²) in [6.45, 7) is 2.68. The van der Waals surface area contributed by atoms with Gasteiger partial charge in [-0.15, -0.1) is 0 Å². The number of hydrogen-bond donors (Lipinski definition) is 1. The van der Waals surface area contributed by atoms with Crippen LogP contribution in [0.5, 0.6) is 11.5 Å². The second kappa shape index (κ2) is 6.45. The molecule has 1 aromatic rings. The average Bonchev–Trinajstić information content (AvgIpc) is 3.10. The smallest absolute Gasteiger partial charge is 0.322 e. The number of likely N-dealkylation sites (tertiary alicyclic amines) is 2. The van der Waals surface area contributed by atoms with E-state index in [1.165, 1.54) is 0 Å². The molecular formula is C16H22ClN3O3. The Hall–Kier alpha value is -1.66. The fraction of sp³-hybridized carbons (Fsp3) is 0.562. The highest BCUT2D eigenvalue weighted by Gasteiger charge is 2.41. The van der Waals surface area contributed by atoms with Crippen molar-refractivity contribution in [3.8, 4) is 11.5 Å². The highest BCUT2D eigenvalue weighted by molar-refractivity contribution is 6.32. The number of benzene rings is 1. The summed E-state index contributed by atoms with van der Waals surface area (Å²) in [7, 11) is 5.21. The van der Waals surface area contributed by atoms with E-state index in [1.807, 2.05) is 4.90 Å². The Morgan fingerprint density at radius 1 is 1.26 bits per heavy atom. The van der Waals surface area contributed by atoms with Gasteiger partial charge in [0.15, 0.2) is 0 Å². The van der Waals surface area contributed by atoms with Gasteiger partial charge in [-0.25, -0.2) is 4.79 Å². The van der Waals surface area contributed by atoms with E-state index in [-0.39, 0.29) is 6.03 Å². The molecule has 1 N–H and O–H groups in total. The zero-order chi connectivity index (χ0) is 16.6.